The molecule has 0 aliphatic carbocycles. The number of nitrogens with zero attached hydrogens (tertiary/aromatic N) is 1. The van der Waals surface area contributed by atoms with Gasteiger partial charge >= 0.3 is 6.03 Å². The van der Waals surface area contributed by atoms with Gasteiger partial charge in [-0.2, -0.15) is 0 Å². The summed E-state index contributed by atoms with van der Waals surface area (Å²) in [6, 6.07) is 8.47. The summed E-state index contributed by atoms with van der Waals surface area (Å²) in [6.45, 7) is 3.15. The molecule has 0 aromatic heterocycles. The van der Waals surface area contributed by atoms with Crippen molar-refractivity contribution in [1.29, 1.82) is 0 Å². The molecule has 0 saturated heterocycles. The molecule has 5 heteroatoms. The summed E-state index contributed by atoms with van der Waals surface area (Å²) in [4.78, 5) is 35.0. The first-order valence-corrected chi connectivity index (χ1v) is 6.24. The fourth-order valence-corrected chi connectivity index (χ4v) is 1.46. The van der Waals surface area contributed by atoms with Crippen LogP contribution >= 0.6 is 0 Å². The van der Waals surface area contributed by atoms with Gasteiger partial charge in [0.2, 0.25) is 6.29 Å². The van der Waals surface area contributed by atoms with E-state index < -0.39 is 18.5 Å². The minimum absolute atomic E-state index is 0.123. The van der Waals surface area contributed by atoms with E-state index in [0.29, 0.717) is 0 Å². The minimum atomic E-state index is -0.605. The smallest absolute Gasteiger partial charge is 0.324 e. The second-order valence-corrected chi connectivity index (χ2v) is 4.42. The first kappa shape index (κ1) is 15.6. The molecular weight excluding hydrogens is 256 g/mol. The van der Waals surface area contributed by atoms with Gasteiger partial charge in [0, 0.05) is 12.1 Å². The van der Waals surface area contributed by atoms with Crippen LogP contribution in [-0.2, 0) is 9.59 Å². The molecule has 5 nitrogen and oxygen atoms in total. The Hall–Kier alpha value is -2.43. The normalized spacial score (nSPS) is 10.6. The summed E-state index contributed by atoms with van der Waals surface area (Å²) >= 11 is 0. The lowest BCUT2D eigenvalue weighted by molar-refractivity contribution is -0.122. The van der Waals surface area contributed by atoms with Gasteiger partial charge in [-0.15, -0.1) is 0 Å². The van der Waals surface area contributed by atoms with E-state index in [4.69, 9.17) is 0 Å². The molecule has 1 aromatic rings. The lowest BCUT2D eigenvalue weighted by Crippen LogP contribution is -2.46. The highest BCUT2D eigenvalue weighted by molar-refractivity contribution is 6.03. The Kier molecular flexibility index (Phi) is 6.16. The van der Waals surface area contributed by atoms with Gasteiger partial charge in [0.15, 0.2) is 0 Å². The molecule has 0 atom stereocenters. The van der Waals surface area contributed by atoms with E-state index in [1.807, 2.05) is 30.3 Å². The van der Waals surface area contributed by atoms with Gasteiger partial charge in [-0.3, -0.25) is 14.5 Å². The molecule has 3 amide bonds. The van der Waals surface area contributed by atoms with Crippen molar-refractivity contribution in [3.63, 3.8) is 0 Å². The van der Waals surface area contributed by atoms with E-state index in [9.17, 15) is 14.4 Å². The number of amides is 3. The molecule has 1 radical (unpaired) electrons. The highest BCUT2D eigenvalue weighted by Crippen LogP contribution is 2.02. The number of hydrogen-bond acceptors (Lipinski definition) is 3. The van der Waals surface area contributed by atoms with Crippen LogP contribution in [0.4, 0.5) is 4.79 Å². The largest absolute Gasteiger partial charge is 0.335 e. The predicted molar refractivity (Wildman–Crippen MR) is 76.6 cm³/mol. The molecule has 0 unspecified atom stereocenters. The second kappa shape index (κ2) is 7.89. The van der Waals surface area contributed by atoms with E-state index >= 15 is 0 Å². The first-order chi connectivity index (χ1) is 9.54. The summed E-state index contributed by atoms with van der Waals surface area (Å²) in [7, 11) is 0. The number of imide groups is 1. The standard InChI is InChI=1S/C15H17N2O3/c1-12(2)16-15(20)17(10-11-18)14(19)9-8-13-6-4-3-5-7-13/h3-9,12H,10H2,1-2H3,(H,16,20). The van der Waals surface area contributed by atoms with Gasteiger partial charge in [0.05, 0.1) is 6.54 Å². The Morgan fingerprint density at radius 3 is 2.50 bits per heavy atom. The van der Waals surface area contributed by atoms with Crippen molar-refractivity contribution in [3.05, 3.63) is 42.0 Å². The predicted octanol–water partition coefficient (Wildman–Crippen LogP) is 1.76. The fourth-order valence-electron chi connectivity index (χ4n) is 1.46. The fraction of sp³-hybridized carbons (Fsp3) is 0.267. The zero-order valence-corrected chi connectivity index (χ0v) is 11.5. The van der Waals surface area contributed by atoms with E-state index in [1.165, 1.54) is 6.08 Å². The maximum absolute atomic E-state index is 11.9. The number of carbonyl (C=O) groups excluding carboxylic acids is 3. The number of hydrogen-bond donors (Lipinski definition) is 1. The van der Waals surface area contributed by atoms with E-state index in [2.05, 4.69) is 5.32 Å². The number of benzene rings is 1. The first-order valence-electron chi connectivity index (χ1n) is 6.24. The summed E-state index contributed by atoms with van der Waals surface area (Å²) in [5.41, 5.74) is 0.833. The summed E-state index contributed by atoms with van der Waals surface area (Å²) in [6.07, 6.45) is 4.40. The molecule has 1 aromatic carbocycles. The van der Waals surface area contributed by atoms with Crippen LogP contribution < -0.4 is 5.32 Å². The van der Waals surface area contributed by atoms with Crippen molar-refractivity contribution in [3.8, 4) is 0 Å². The van der Waals surface area contributed by atoms with Gasteiger partial charge in [-0.05, 0) is 25.5 Å². The van der Waals surface area contributed by atoms with Crippen molar-refractivity contribution in [2.45, 2.75) is 19.9 Å². The topological polar surface area (TPSA) is 66.5 Å². The Labute approximate surface area is 118 Å². The Balaban J connectivity index is 2.76. The molecule has 0 bridgehead atoms. The highest BCUT2D eigenvalue weighted by atomic mass is 16.2. The maximum atomic E-state index is 11.9. The molecule has 0 heterocycles. The van der Waals surface area contributed by atoms with Crippen molar-refractivity contribution in [1.82, 2.24) is 10.2 Å². The molecule has 20 heavy (non-hydrogen) atoms. The number of nitrogens with one attached hydrogen (secondary N) is 1. The van der Waals surface area contributed by atoms with Crippen LogP contribution in [0.5, 0.6) is 0 Å². The van der Waals surface area contributed by atoms with Gasteiger partial charge < -0.3 is 5.32 Å². The second-order valence-electron chi connectivity index (χ2n) is 4.42. The molecular formula is C15H17N2O3. The Morgan fingerprint density at radius 2 is 1.95 bits per heavy atom. The average molecular weight is 273 g/mol. The van der Waals surface area contributed by atoms with Crippen LogP contribution in [0.1, 0.15) is 19.4 Å². The van der Waals surface area contributed by atoms with Crippen LogP contribution in [0, 0.1) is 0 Å². The van der Waals surface area contributed by atoms with Crippen LogP contribution in [0.25, 0.3) is 6.08 Å². The molecule has 0 spiro atoms. The zero-order valence-electron chi connectivity index (χ0n) is 11.5. The van der Waals surface area contributed by atoms with E-state index in [0.717, 1.165) is 10.5 Å². The molecule has 1 rings (SSSR count). The summed E-state index contributed by atoms with van der Waals surface area (Å²) in [5, 5.41) is 2.56. The summed E-state index contributed by atoms with van der Waals surface area (Å²) in [5.74, 6) is -0.560. The third-order valence-corrected chi connectivity index (χ3v) is 2.36. The van der Waals surface area contributed by atoms with E-state index in [1.54, 1.807) is 26.2 Å². The number of carbonyl (C=O) groups is 2. The third kappa shape index (κ3) is 5.06. The molecule has 0 fully saturated rings. The lowest BCUT2D eigenvalue weighted by Gasteiger charge is -2.18. The average Bonchev–Trinajstić information content (AvgIpc) is 2.42. The maximum Gasteiger partial charge on any atom is 0.324 e. The minimum Gasteiger partial charge on any atom is -0.335 e. The van der Waals surface area contributed by atoms with Crippen LogP contribution in [0.3, 0.4) is 0 Å². The SMILES string of the molecule is CC(C)NC(=O)N(C[C]=O)C(=O)C=Cc1ccccc1. The van der Waals surface area contributed by atoms with Gasteiger partial charge in [-0.25, -0.2) is 4.79 Å². The molecule has 105 valence electrons. The van der Waals surface area contributed by atoms with Gasteiger partial charge in [0.25, 0.3) is 5.91 Å². The van der Waals surface area contributed by atoms with Gasteiger partial charge in [0.1, 0.15) is 0 Å². The van der Waals surface area contributed by atoms with Crippen molar-refractivity contribution in [2.75, 3.05) is 6.54 Å². The zero-order chi connectivity index (χ0) is 15.0. The van der Waals surface area contributed by atoms with Crippen LogP contribution in [0.2, 0.25) is 0 Å². The van der Waals surface area contributed by atoms with Crippen LogP contribution in [0.15, 0.2) is 36.4 Å². The third-order valence-electron chi connectivity index (χ3n) is 2.36. The quantitative estimate of drug-likeness (QED) is 0.831. The van der Waals surface area contributed by atoms with Crippen LogP contribution in [-0.4, -0.2) is 35.7 Å². The monoisotopic (exact) mass is 273 g/mol. The highest BCUT2D eigenvalue weighted by Gasteiger charge is 2.19. The van der Waals surface area contributed by atoms with Crippen molar-refractivity contribution < 1.29 is 14.4 Å². The van der Waals surface area contributed by atoms with E-state index in [-0.39, 0.29) is 6.04 Å². The molecule has 0 saturated carbocycles. The Morgan fingerprint density at radius 1 is 1.30 bits per heavy atom. The summed E-state index contributed by atoms with van der Waals surface area (Å²) < 4.78 is 0. The molecule has 0 aliphatic rings. The van der Waals surface area contributed by atoms with Gasteiger partial charge in [-0.1, -0.05) is 30.3 Å². The number of urea groups is 1. The molecule has 1 N–H and O–H groups in total. The lowest BCUT2D eigenvalue weighted by atomic mass is 10.2. The Bertz CT molecular complexity index is 495. The van der Waals surface area contributed by atoms with Crippen molar-refractivity contribution >= 4 is 24.3 Å². The van der Waals surface area contributed by atoms with Crippen molar-refractivity contribution in [2.24, 2.45) is 0 Å². The molecule has 0 aliphatic heterocycles. The number of rotatable bonds is 5.